The van der Waals surface area contributed by atoms with Crippen molar-refractivity contribution in [1.29, 1.82) is 0 Å². The molecule has 3 heterocycles. The fourth-order valence-corrected chi connectivity index (χ4v) is 5.12. The van der Waals surface area contributed by atoms with Gasteiger partial charge in [0.05, 0.1) is 26.0 Å². The van der Waals surface area contributed by atoms with Gasteiger partial charge in [-0.3, -0.25) is 0 Å². The first-order valence-electron chi connectivity index (χ1n) is 10.5. The SMILES string of the molecule is COc1nc(N2C[C@H]3CSC(N)=N[C@@]3(c3cc(OCC(C)C)ccc3F)C2)nc(C)c1F. The second-order valence-corrected chi connectivity index (χ2v) is 9.58. The van der Waals surface area contributed by atoms with Crippen LogP contribution in [0.1, 0.15) is 25.1 Å². The second-order valence-electron chi connectivity index (χ2n) is 8.54. The number of anilines is 1. The third-order valence-electron chi connectivity index (χ3n) is 5.73. The summed E-state index contributed by atoms with van der Waals surface area (Å²) in [5.74, 6) is 0.779. The molecule has 10 heteroatoms. The molecule has 2 aromatic rings. The second kappa shape index (κ2) is 8.73. The first-order chi connectivity index (χ1) is 15.2. The van der Waals surface area contributed by atoms with Gasteiger partial charge in [-0.2, -0.15) is 9.37 Å². The van der Waals surface area contributed by atoms with E-state index in [4.69, 9.17) is 20.2 Å². The van der Waals surface area contributed by atoms with Crippen molar-refractivity contribution < 1.29 is 18.3 Å². The number of nitrogens with zero attached hydrogens (tertiary/aromatic N) is 4. The summed E-state index contributed by atoms with van der Waals surface area (Å²) in [6.07, 6.45) is 0. The zero-order chi connectivity index (χ0) is 23.0. The van der Waals surface area contributed by atoms with Gasteiger partial charge in [-0.25, -0.2) is 14.4 Å². The summed E-state index contributed by atoms with van der Waals surface area (Å²) in [5, 5.41) is 0.407. The highest BCUT2D eigenvalue weighted by Crippen LogP contribution is 2.47. The fourth-order valence-electron chi connectivity index (χ4n) is 4.14. The Morgan fingerprint density at radius 1 is 1.31 bits per heavy atom. The third kappa shape index (κ3) is 4.07. The number of halogens is 2. The molecule has 0 unspecified atom stereocenters. The highest BCUT2D eigenvalue weighted by molar-refractivity contribution is 8.13. The largest absolute Gasteiger partial charge is 0.493 e. The van der Waals surface area contributed by atoms with Gasteiger partial charge in [0, 0.05) is 23.8 Å². The van der Waals surface area contributed by atoms with E-state index in [0.717, 1.165) is 0 Å². The molecule has 1 aromatic heterocycles. The monoisotopic (exact) mass is 463 g/mol. The van der Waals surface area contributed by atoms with Crippen LogP contribution in [-0.2, 0) is 5.54 Å². The maximum absolute atomic E-state index is 15.2. The molecule has 1 aromatic carbocycles. The summed E-state index contributed by atoms with van der Waals surface area (Å²) in [6.45, 7) is 7.01. The molecule has 0 radical (unpaired) electrons. The molecule has 1 saturated heterocycles. The number of nitrogens with two attached hydrogens (primary N) is 1. The van der Waals surface area contributed by atoms with Crippen LogP contribution in [0.25, 0.3) is 0 Å². The summed E-state index contributed by atoms with van der Waals surface area (Å²) in [4.78, 5) is 15.2. The zero-order valence-electron chi connectivity index (χ0n) is 18.6. The number of methoxy groups -OCH3 is 1. The number of hydrogen-bond acceptors (Lipinski definition) is 8. The van der Waals surface area contributed by atoms with Gasteiger partial charge in [0.1, 0.15) is 17.1 Å². The highest BCUT2D eigenvalue weighted by Gasteiger charge is 2.52. The van der Waals surface area contributed by atoms with Crippen LogP contribution in [0.4, 0.5) is 14.7 Å². The molecular formula is C22H27F2N5O2S. The van der Waals surface area contributed by atoms with E-state index in [9.17, 15) is 4.39 Å². The number of aliphatic imine (C=N–C) groups is 1. The fraction of sp³-hybridized carbons (Fsp3) is 0.500. The maximum atomic E-state index is 15.2. The minimum Gasteiger partial charge on any atom is -0.493 e. The molecule has 7 nitrogen and oxygen atoms in total. The Balaban J connectivity index is 1.76. The van der Waals surface area contributed by atoms with Crippen molar-refractivity contribution in [2.75, 3.05) is 37.5 Å². The Morgan fingerprint density at radius 3 is 2.81 bits per heavy atom. The van der Waals surface area contributed by atoms with Crippen molar-refractivity contribution >= 4 is 22.9 Å². The van der Waals surface area contributed by atoms with Crippen molar-refractivity contribution in [3.63, 3.8) is 0 Å². The van der Waals surface area contributed by atoms with Crippen molar-refractivity contribution in [3.8, 4) is 11.6 Å². The minimum atomic E-state index is -0.921. The number of thioether (sulfide) groups is 1. The minimum absolute atomic E-state index is 0.0467. The molecule has 0 bridgehead atoms. The van der Waals surface area contributed by atoms with E-state index in [1.807, 2.05) is 4.90 Å². The number of fused-ring (bicyclic) bond motifs is 1. The lowest BCUT2D eigenvalue weighted by Crippen LogP contribution is -2.40. The smallest absolute Gasteiger partial charge is 0.255 e. The standard InChI is InChI=1S/C22H27F2N5O2S/c1-12(2)9-31-15-5-6-17(23)16(7-15)22-11-29(8-14(22)10-32-20(25)28-22)21-26-13(3)18(24)19(27-21)30-4/h5-7,12,14H,8-11H2,1-4H3,(H2,25,28)/t14-,22-/m0/s1. The van der Waals surface area contributed by atoms with E-state index >= 15 is 4.39 Å². The van der Waals surface area contributed by atoms with Gasteiger partial charge >= 0.3 is 0 Å². The lowest BCUT2D eigenvalue weighted by atomic mass is 9.81. The molecule has 1 fully saturated rings. The topological polar surface area (TPSA) is 85.9 Å². The molecule has 172 valence electrons. The maximum Gasteiger partial charge on any atom is 0.255 e. The summed E-state index contributed by atoms with van der Waals surface area (Å²) >= 11 is 1.44. The Bertz CT molecular complexity index is 1050. The van der Waals surface area contributed by atoms with E-state index in [2.05, 4.69) is 23.8 Å². The molecule has 2 aliphatic heterocycles. The predicted octanol–water partition coefficient (Wildman–Crippen LogP) is 3.50. The molecule has 32 heavy (non-hydrogen) atoms. The summed E-state index contributed by atoms with van der Waals surface area (Å²) in [7, 11) is 1.36. The number of amidine groups is 1. The number of aromatic nitrogens is 2. The van der Waals surface area contributed by atoms with Gasteiger partial charge in [-0.05, 0) is 31.0 Å². The first-order valence-corrected chi connectivity index (χ1v) is 11.5. The van der Waals surface area contributed by atoms with Gasteiger partial charge in [0.25, 0.3) is 5.88 Å². The van der Waals surface area contributed by atoms with Crippen molar-refractivity contribution in [2.24, 2.45) is 22.6 Å². The van der Waals surface area contributed by atoms with Gasteiger partial charge in [0.15, 0.2) is 5.17 Å². The van der Waals surface area contributed by atoms with Gasteiger partial charge in [-0.15, -0.1) is 0 Å². The van der Waals surface area contributed by atoms with Crippen LogP contribution in [0.5, 0.6) is 11.6 Å². The molecule has 2 N–H and O–H groups in total. The van der Waals surface area contributed by atoms with Gasteiger partial charge in [-0.1, -0.05) is 25.6 Å². The molecular weight excluding hydrogens is 436 g/mol. The molecule has 0 spiro atoms. The molecule has 0 saturated carbocycles. The van der Waals surface area contributed by atoms with Gasteiger partial charge < -0.3 is 20.1 Å². The Hall–Kier alpha value is -2.62. The van der Waals surface area contributed by atoms with Crippen LogP contribution < -0.4 is 20.1 Å². The lowest BCUT2D eigenvalue weighted by Gasteiger charge is -2.35. The number of rotatable bonds is 6. The van der Waals surface area contributed by atoms with Crippen LogP contribution in [-0.4, -0.2) is 47.7 Å². The summed E-state index contributed by atoms with van der Waals surface area (Å²) in [5.41, 5.74) is 5.81. The lowest BCUT2D eigenvalue weighted by molar-refractivity contribution is 0.269. The van der Waals surface area contributed by atoms with Crippen molar-refractivity contribution in [1.82, 2.24) is 9.97 Å². The molecule has 2 atom stereocenters. The number of benzene rings is 1. The highest BCUT2D eigenvalue weighted by atomic mass is 32.2. The Morgan fingerprint density at radius 2 is 2.09 bits per heavy atom. The third-order valence-corrected chi connectivity index (χ3v) is 6.68. The van der Waals surface area contributed by atoms with Crippen LogP contribution in [0.2, 0.25) is 0 Å². The van der Waals surface area contributed by atoms with Crippen LogP contribution >= 0.6 is 11.8 Å². The Labute approximate surface area is 190 Å². The number of ether oxygens (including phenoxy) is 2. The molecule has 2 aliphatic rings. The summed E-state index contributed by atoms with van der Waals surface area (Å²) < 4.78 is 40.3. The van der Waals surface area contributed by atoms with Crippen molar-refractivity contribution in [3.05, 3.63) is 41.1 Å². The van der Waals surface area contributed by atoms with Crippen LogP contribution in [0, 0.1) is 30.4 Å². The predicted molar refractivity (Wildman–Crippen MR) is 121 cm³/mol. The van der Waals surface area contributed by atoms with E-state index in [0.29, 0.717) is 53.8 Å². The molecule has 0 amide bonds. The average Bonchev–Trinajstić information content (AvgIpc) is 3.14. The van der Waals surface area contributed by atoms with Crippen LogP contribution in [0.3, 0.4) is 0 Å². The van der Waals surface area contributed by atoms with E-state index < -0.39 is 11.4 Å². The van der Waals surface area contributed by atoms with Crippen molar-refractivity contribution in [2.45, 2.75) is 26.3 Å². The average molecular weight is 464 g/mol. The van der Waals surface area contributed by atoms with E-state index in [1.165, 1.54) is 24.9 Å². The zero-order valence-corrected chi connectivity index (χ0v) is 19.4. The molecule has 0 aliphatic carbocycles. The summed E-state index contributed by atoms with van der Waals surface area (Å²) in [6, 6.07) is 4.76. The number of aryl methyl sites for hydroxylation is 1. The molecule has 4 rings (SSSR count). The van der Waals surface area contributed by atoms with E-state index in [-0.39, 0.29) is 23.3 Å². The quantitative estimate of drug-likeness (QED) is 0.702. The van der Waals surface area contributed by atoms with Gasteiger partial charge in [0.2, 0.25) is 11.8 Å². The van der Waals surface area contributed by atoms with Crippen LogP contribution in [0.15, 0.2) is 23.2 Å². The normalized spacial score (nSPS) is 22.7. The van der Waals surface area contributed by atoms with E-state index in [1.54, 1.807) is 19.1 Å². The first kappa shape index (κ1) is 22.6. The number of hydrogen-bond donors (Lipinski definition) is 1. The Kier molecular flexibility index (Phi) is 6.15.